The first-order valence-electron chi connectivity index (χ1n) is 4.67. The number of nitrogens with zero attached hydrogens (tertiary/aromatic N) is 2. The third-order valence-electron chi connectivity index (χ3n) is 1.87. The van der Waals surface area contributed by atoms with Crippen molar-refractivity contribution in [3.63, 3.8) is 0 Å². The zero-order valence-electron chi connectivity index (χ0n) is 8.73. The number of H-pyrrole nitrogens is 2. The SMILES string of the molecule is O=C(Nc1cnc(Br)cn1)c1cc(=O)[nH]c(=O)[nH]1. The van der Waals surface area contributed by atoms with Crippen molar-refractivity contribution in [2.75, 3.05) is 5.32 Å². The van der Waals surface area contributed by atoms with Crippen molar-refractivity contribution in [2.45, 2.75) is 0 Å². The van der Waals surface area contributed by atoms with Gasteiger partial charge in [-0.1, -0.05) is 0 Å². The van der Waals surface area contributed by atoms with Gasteiger partial charge in [-0.3, -0.25) is 14.6 Å². The van der Waals surface area contributed by atoms with Gasteiger partial charge in [0.05, 0.1) is 12.4 Å². The molecule has 0 spiro atoms. The largest absolute Gasteiger partial charge is 0.326 e. The summed E-state index contributed by atoms with van der Waals surface area (Å²) < 4.78 is 0.519. The van der Waals surface area contributed by atoms with Crippen LogP contribution >= 0.6 is 15.9 Å². The summed E-state index contributed by atoms with van der Waals surface area (Å²) in [6.45, 7) is 0. The smallest absolute Gasteiger partial charge is 0.304 e. The number of carbonyl (C=O) groups is 1. The highest BCUT2D eigenvalue weighted by Gasteiger charge is 2.09. The maximum absolute atomic E-state index is 11.7. The van der Waals surface area contributed by atoms with Crippen molar-refractivity contribution in [2.24, 2.45) is 0 Å². The van der Waals surface area contributed by atoms with E-state index in [-0.39, 0.29) is 11.5 Å². The average molecular weight is 312 g/mol. The van der Waals surface area contributed by atoms with E-state index in [4.69, 9.17) is 0 Å². The van der Waals surface area contributed by atoms with Gasteiger partial charge < -0.3 is 10.3 Å². The van der Waals surface area contributed by atoms with Crippen LogP contribution in [0.5, 0.6) is 0 Å². The number of carbonyl (C=O) groups excluding carboxylic acids is 1. The van der Waals surface area contributed by atoms with Gasteiger partial charge in [0.1, 0.15) is 10.3 Å². The highest BCUT2D eigenvalue weighted by Crippen LogP contribution is 2.06. The van der Waals surface area contributed by atoms with Crippen LogP contribution in [-0.2, 0) is 0 Å². The van der Waals surface area contributed by atoms with E-state index in [1.807, 2.05) is 4.98 Å². The van der Waals surface area contributed by atoms with Crippen molar-refractivity contribution >= 4 is 27.7 Å². The van der Waals surface area contributed by atoms with E-state index < -0.39 is 17.2 Å². The Labute approximate surface area is 108 Å². The first-order chi connectivity index (χ1) is 8.54. The van der Waals surface area contributed by atoms with Crippen LogP contribution in [0.4, 0.5) is 5.82 Å². The fraction of sp³-hybridized carbons (Fsp3) is 0. The van der Waals surface area contributed by atoms with Crippen LogP contribution in [0.3, 0.4) is 0 Å². The minimum Gasteiger partial charge on any atom is -0.304 e. The lowest BCUT2D eigenvalue weighted by Gasteiger charge is -2.02. The molecule has 2 aromatic rings. The molecular formula is C9H6BrN5O3. The second-order valence-electron chi connectivity index (χ2n) is 3.18. The Morgan fingerprint density at radius 1 is 1.22 bits per heavy atom. The topological polar surface area (TPSA) is 121 Å². The third-order valence-corrected chi connectivity index (χ3v) is 2.28. The predicted molar refractivity (Wildman–Crippen MR) is 65.4 cm³/mol. The van der Waals surface area contributed by atoms with E-state index >= 15 is 0 Å². The molecule has 92 valence electrons. The number of hydrogen-bond acceptors (Lipinski definition) is 5. The second-order valence-corrected chi connectivity index (χ2v) is 3.99. The lowest BCUT2D eigenvalue weighted by molar-refractivity contribution is 0.102. The molecule has 0 bridgehead atoms. The Bertz CT molecular complexity index is 662. The molecule has 0 unspecified atom stereocenters. The van der Waals surface area contributed by atoms with Crippen LogP contribution in [0.15, 0.2) is 32.7 Å². The van der Waals surface area contributed by atoms with E-state index in [0.29, 0.717) is 4.60 Å². The molecule has 0 saturated heterocycles. The van der Waals surface area contributed by atoms with E-state index in [1.54, 1.807) is 0 Å². The number of amides is 1. The van der Waals surface area contributed by atoms with Crippen LogP contribution < -0.4 is 16.6 Å². The standard InChI is InChI=1S/C9H6BrN5O3/c10-5-2-12-6(3-11-5)14-8(17)4-1-7(16)15-9(18)13-4/h1-3H,(H,12,14,17)(H2,13,15,16,18). The van der Waals surface area contributed by atoms with Crippen LogP contribution in [0.1, 0.15) is 10.5 Å². The van der Waals surface area contributed by atoms with Gasteiger partial charge in [-0.2, -0.15) is 0 Å². The number of halogens is 1. The van der Waals surface area contributed by atoms with Crippen molar-refractivity contribution in [3.05, 3.63) is 49.6 Å². The highest BCUT2D eigenvalue weighted by atomic mass is 79.9. The number of hydrogen-bond donors (Lipinski definition) is 3. The van der Waals surface area contributed by atoms with Gasteiger partial charge in [0.15, 0.2) is 5.82 Å². The molecule has 0 saturated carbocycles. The molecule has 2 aromatic heterocycles. The monoisotopic (exact) mass is 311 g/mol. The lowest BCUT2D eigenvalue weighted by atomic mass is 10.4. The van der Waals surface area contributed by atoms with Crippen LogP contribution in [0.25, 0.3) is 0 Å². The van der Waals surface area contributed by atoms with Gasteiger partial charge in [0.2, 0.25) is 0 Å². The molecule has 0 aliphatic carbocycles. The van der Waals surface area contributed by atoms with Crippen LogP contribution in [0.2, 0.25) is 0 Å². The predicted octanol–water partition coefficient (Wildman–Crippen LogP) is -0.132. The zero-order valence-corrected chi connectivity index (χ0v) is 10.3. The van der Waals surface area contributed by atoms with Crippen LogP contribution in [-0.4, -0.2) is 25.8 Å². The third kappa shape index (κ3) is 2.88. The molecule has 0 aliphatic heterocycles. The molecular weight excluding hydrogens is 306 g/mol. The maximum atomic E-state index is 11.7. The highest BCUT2D eigenvalue weighted by molar-refractivity contribution is 9.10. The second kappa shape index (κ2) is 4.92. The number of aromatic nitrogens is 4. The molecule has 0 atom stereocenters. The normalized spacial score (nSPS) is 10.1. The minimum atomic E-state index is -0.755. The molecule has 0 radical (unpaired) electrons. The number of aromatic amines is 2. The van der Waals surface area contributed by atoms with E-state index in [9.17, 15) is 14.4 Å². The summed E-state index contributed by atoms with van der Waals surface area (Å²) in [5.74, 6) is -0.459. The first kappa shape index (κ1) is 12.2. The molecule has 0 aromatic carbocycles. The quantitative estimate of drug-likeness (QED) is 0.713. The summed E-state index contributed by atoms with van der Waals surface area (Å²) in [5.41, 5.74) is -1.58. The number of anilines is 1. The summed E-state index contributed by atoms with van der Waals surface area (Å²) >= 11 is 3.10. The Kier molecular flexibility index (Phi) is 3.33. The van der Waals surface area contributed by atoms with E-state index in [1.165, 1.54) is 12.4 Å². The summed E-state index contributed by atoms with van der Waals surface area (Å²) in [4.78, 5) is 45.6. The van der Waals surface area contributed by atoms with Crippen molar-refractivity contribution in [1.82, 2.24) is 19.9 Å². The molecule has 18 heavy (non-hydrogen) atoms. The first-order valence-corrected chi connectivity index (χ1v) is 5.46. The lowest BCUT2D eigenvalue weighted by Crippen LogP contribution is -2.27. The van der Waals surface area contributed by atoms with Gasteiger partial charge in [-0.15, -0.1) is 0 Å². The van der Waals surface area contributed by atoms with Gasteiger partial charge in [0, 0.05) is 6.07 Å². The fourth-order valence-electron chi connectivity index (χ4n) is 1.15. The Balaban J connectivity index is 2.24. The Hall–Kier alpha value is -2.29. The fourth-order valence-corrected chi connectivity index (χ4v) is 1.36. The molecule has 2 rings (SSSR count). The summed E-state index contributed by atoms with van der Waals surface area (Å²) in [5, 5.41) is 2.38. The van der Waals surface area contributed by atoms with Gasteiger partial charge >= 0.3 is 5.69 Å². The summed E-state index contributed by atoms with van der Waals surface area (Å²) in [7, 11) is 0. The number of rotatable bonds is 2. The van der Waals surface area contributed by atoms with Gasteiger partial charge in [-0.25, -0.2) is 14.8 Å². The number of nitrogens with one attached hydrogen (secondary N) is 3. The average Bonchev–Trinajstić information content (AvgIpc) is 2.31. The van der Waals surface area contributed by atoms with E-state index in [2.05, 4.69) is 36.2 Å². The summed E-state index contributed by atoms with van der Waals surface area (Å²) in [6.07, 6.45) is 2.73. The minimum absolute atomic E-state index is 0.159. The van der Waals surface area contributed by atoms with Gasteiger partial charge in [-0.05, 0) is 15.9 Å². The Morgan fingerprint density at radius 2 is 2.00 bits per heavy atom. The Morgan fingerprint density at radius 3 is 2.61 bits per heavy atom. The van der Waals surface area contributed by atoms with E-state index in [0.717, 1.165) is 6.07 Å². The zero-order chi connectivity index (χ0) is 13.1. The van der Waals surface area contributed by atoms with Crippen molar-refractivity contribution in [1.29, 1.82) is 0 Å². The van der Waals surface area contributed by atoms with Crippen molar-refractivity contribution < 1.29 is 4.79 Å². The summed E-state index contributed by atoms with van der Waals surface area (Å²) in [6, 6.07) is 0.975. The molecule has 0 aliphatic rings. The van der Waals surface area contributed by atoms with Gasteiger partial charge in [0.25, 0.3) is 11.5 Å². The molecule has 8 nitrogen and oxygen atoms in total. The molecule has 3 N–H and O–H groups in total. The van der Waals surface area contributed by atoms with Crippen molar-refractivity contribution in [3.8, 4) is 0 Å². The molecule has 9 heteroatoms. The molecule has 2 heterocycles. The molecule has 0 fully saturated rings. The molecule has 1 amide bonds. The van der Waals surface area contributed by atoms with Crippen LogP contribution in [0, 0.1) is 0 Å². The maximum Gasteiger partial charge on any atom is 0.326 e.